The van der Waals surface area contributed by atoms with Gasteiger partial charge >= 0.3 is 8.80 Å². The first-order chi connectivity index (χ1) is 9.20. The molecule has 0 aliphatic carbocycles. The van der Waals surface area contributed by atoms with Crippen LogP contribution < -0.4 is 0 Å². The lowest BCUT2D eigenvalue weighted by Crippen LogP contribution is -2.50. The zero-order chi connectivity index (χ0) is 15.4. The number of ether oxygens (including phenoxy) is 1. The first-order valence-corrected chi connectivity index (χ1v) is 8.32. The van der Waals surface area contributed by atoms with Crippen LogP contribution in [0.5, 0.6) is 0 Å². The molecule has 1 rings (SSSR count). The lowest BCUT2D eigenvalue weighted by molar-refractivity contribution is -0.157. The highest BCUT2D eigenvalue weighted by Crippen LogP contribution is 2.31. The Morgan fingerprint density at radius 2 is 1.60 bits per heavy atom. The normalized spacial score (nSPS) is 16.8. The second-order valence-corrected chi connectivity index (χ2v) is 7.86. The topological polar surface area (TPSA) is 88.1 Å². The highest BCUT2D eigenvalue weighted by molar-refractivity contribution is 6.65. The highest BCUT2D eigenvalue weighted by Gasteiger charge is 2.51. The molecule has 1 aliphatic heterocycles. The maximum Gasteiger partial charge on any atom is 0.704 e. The van der Waals surface area contributed by atoms with Crippen molar-refractivity contribution in [1.82, 2.24) is 0 Å². The van der Waals surface area contributed by atoms with Crippen molar-refractivity contribution >= 4 is 26.7 Å². The van der Waals surface area contributed by atoms with E-state index in [4.69, 9.17) is 18.0 Å². The Hall–Kier alpha value is -1.41. The highest BCUT2D eigenvalue weighted by atomic mass is 28.4. The van der Waals surface area contributed by atoms with Crippen molar-refractivity contribution in [3.05, 3.63) is 0 Å². The minimum Gasteiger partial charge on any atom is -0.455 e. The van der Waals surface area contributed by atoms with Crippen molar-refractivity contribution in [3.8, 4) is 0 Å². The Morgan fingerprint density at radius 1 is 1.10 bits per heavy atom. The summed E-state index contributed by atoms with van der Waals surface area (Å²) in [5, 5.41) is 0. The molecule has 114 valence electrons. The van der Waals surface area contributed by atoms with Crippen LogP contribution in [0.25, 0.3) is 0 Å². The zero-order valence-electron chi connectivity index (χ0n) is 12.2. The average molecular weight is 304 g/mol. The third-order valence-electron chi connectivity index (χ3n) is 2.77. The van der Waals surface area contributed by atoms with E-state index in [1.807, 2.05) is 6.92 Å². The molecule has 0 spiro atoms. The first-order valence-electron chi connectivity index (χ1n) is 6.39. The van der Waals surface area contributed by atoms with Crippen LogP contribution in [-0.2, 0) is 32.4 Å². The summed E-state index contributed by atoms with van der Waals surface area (Å²) in [7, 11) is -3.64. The molecule has 0 bridgehead atoms. The van der Waals surface area contributed by atoms with E-state index in [1.165, 1.54) is 13.8 Å². The van der Waals surface area contributed by atoms with Crippen LogP contribution in [0.2, 0.25) is 6.04 Å². The van der Waals surface area contributed by atoms with Gasteiger partial charge in [0.25, 0.3) is 17.9 Å². The molecule has 0 aromatic heterocycles. The fraction of sp³-hybridized carbons (Fsp3) is 0.750. The van der Waals surface area contributed by atoms with Gasteiger partial charge in [-0.2, -0.15) is 0 Å². The molecular formula is C12H20O7Si. The van der Waals surface area contributed by atoms with E-state index in [-0.39, 0.29) is 17.9 Å². The fourth-order valence-corrected chi connectivity index (χ4v) is 3.68. The standard InChI is InChI=1S/C12H20O7Si/c1-5-20(17-9(2)13,18-10(3)14)19-11(15)6-12(4)7-16-8-12/h5-8H2,1-4H3. The molecular weight excluding hydrogens is 284 g/mol. The monoisotopic (exact) mass is 304 g/mol. The largest absolute Gasteiger partial charge is 0.704 e. The predicted octanol–water partition coefficient (Wildman–Crippen LogP) is 1.04. The quantitative estimate of drug-likeness (QED) is 0.677. The predicted molar refractivity (Wildman–Crippen MR) is 69.4 cm³/mol. The molecule has 0 atom stereocenters. The van der Waals surface area contributed by atoms with Gasteiger partial charge in [0.1, 0.15) is 0 Å². The lowest BCUT2D eigenvalue weighted by Gasteiger charge is -2.37. The molecule has 1 fully saturated rings. The Balaban J connectivity index is 2.73. The van der Waals surface area contributed by atoms with E-state index >= 15 is 0 Å². The number of rotatable bonds is 6. The molecule has 7 nitrogen and oxygen atoms in total. The average Bonchev–Trinajstić information content (AvgIpc) is 2.24. The second kappa shape index (κ2) is 6.36. The van der Waals surface area contributed by atoms with Crippen molar-refractivity contribution in [3.63, 3.8) is 0 Å². The summed E-state index contributed by atoms with van der Waals surface area (Å²) in [6, 6.07) is 0.144. The van der Waals surface area contributed by atoms with E-state index in [2.05, 4.69) is 0 Å². The van der Waals surface area contributed by atoms with Gasteiger partial charge in [0.2, 0.25) is 0 Å². The Morgan fingerprint density at radius 3 is 1.90 bits per heavy atom. The maximum absolute atomic E-state index is 12.0. The van der Waals surface area contributed by atoms with E-state index < -0.39 is 26.7 Å². The van der Waals surface area contributed by atoms with Crippen LogP contribution in [-0.4, -0.2) is 39.9 Å². The molecule has 0 amide bonds. The number of carbonyl (C=O) groups is 3. The summed E-state index contributed by atoms with van der Waals surface area (Å²) in [5.41, 5.74) is -0.266. The molecule has 0 N–H and O–H groups in total. The van der Waals surface area contributed by atoms with Gasteiger partial charge in [-0.05, 0) is 0 Å². The molecule has 1 saturated heterocycles. The SMILES string of the molecule is CC[Si](OC(C)=O)(OC(C)=O)OC(=O)CC1(C)COC1. The fourth-order valence-electron chi connectivity index (χ4n) is 1.83. The minimum absolute atomic E-state index is 0.129. The molecule has 0 saturated carbocycles. The Kier molecular flexibility index (Phi) is 5.29. The van der Waals surface area contributed by atoms with Crippen molar-refractivity contribution in [2.45, 2.75) is 40.2 Å². The Bertz CT molecular complexity index is 387. The zero-order valence-corrected chi connectivity index (χ0v) is 13.2. The van der Waals surface area contributed by atoms with E-state index in [0.717, 1.165) is 0 Å². The summed E-state index contributed by atoms with van der Waals surface area (Å²) in [6.45, 7) is 6.84. The van der Waals surface area contributed by atoms with Gasteiger partial charge in [-0.1, -0.05) is 13.8 Å². The van der Waals surface area contributed by atoms with Crippen LogP contribution in [0.1, 0.15) is 34.1 Å². The molecule has 1 heterocycles. The third kappa shape index (κ3) is 4.60. The van der Waals surface area contributed by atoms with Crippen molar-refractivity contribution in [2.75, 3.05) is 13.2 Å². The van der Waals surface area contributed by atoms with Gasteiger partial charge in [-0.25, -0.2) is 0 Å². The van der Waals surface area contributed by atoms with Gasteiger partial charge in [0.05, 0.1) is 25.7 Å². The van der Waals surface area contributed by atoms with Gasteiger partial charge in [-0.3, -0.25) is 14.4 Å². The molecule has 20 heavy (non-hydrogen) atoms. The van der Waals surface area contributed by atoms with Crippen LogP contribution in [0.4, 0.5) is 0 Å². The van der Waals surface area contributed by atoms with Crippen LogP contribution in [0.15, 0.2) is 0 Å². The number of hydrogen-bond acceptors (Lipinski definition) is 7. The maximum atomic E-state index is 12.0. The smallest absolute Gasteiger partial charge is 0.455 e. The van der Waals surface area contributed by atoms with Crippen LogP contribution in [0.3, 0.4) is 0 Å². The van der Waals surface area contributed by atoms with Gasteiger partial charge in [0.15, 0.2) is 0 Å². The molecule has 0 unspecified atom stereocenters. The van der Waals surface area contributed by atoms with E-state index in [0.29, 0.717) is 13.2 Å². The number of carbonyl (C=O) groups excluding carboxylic acids is 3. The molecule has 0 radical (unpaired) electrons. The van der Waals surface area contributed by atoms with E-state index in [1.54, 1.807) is 6.92 Å². The summed E-state index contributed by atoms with van der Waals surface area (Å²) < 4.78 is 20.3. The van der Waals surface area contributed by atoms with Crippen LogP contribution >= 0.6 is 0 Å². The summed E-state index contributed by atoms with van der Waals surface area (Å²) in [4.78, 5) is 34.3. The lowest BCUT2D eigenvalue weighted by atomic mass is 9.85. The van der Waals surface area contributed by atoms with Gasteiger partial charge < -0.3 is 18.0 Å². The summed E-state index contributed by atoms with van der Waals surface area (Å²) >= 11 is 0. The second-order valence-electron chi connectivity index (χ2n) is 5.18. The molecule has 0 aromatic rings. The van der Waals surface area contributed by atoms with E-state index in [9.17, 15) is 14.4 Å². The molecule has 8 heteroatoms. The third-order valence-corrected chi connectivity index (χ3v) is 5.37. The van der Waals surface area contributed by atoms with Crippen molar-refractivity contribution < 1.29 is 32.4 Å². The Labute approximate surface area is 118 Å². The summed E-state index contributed by atoms with van der Waals surface area (Å²) in [5.74, 6) is -1.84. The van der Waals surface area contributed by atoms with Gasteiger partial charge in [0, 0.05) is 19.3 Å². The van der Waals surface area contributed by atoms with Crippen molar-refractivity contribution in [2.24, 2.45) is 5.41 Å². The molecule has 1 aliphatic rings. The minimum atomic E-state index is -3.64. The molecule has 0 aromatic carbocycles. The van der Waals surface area contributed by atoms with Crippen LogP contribution in [0, 0.1) is 5.41 Å². The van der Waals surface area contributed by atoms with Crippen molar-refractivity contribution in [1.29, 1.82) is 0 Å². The number of hydrogen-bond donors (Lipinski definition) is 0. The summed E-state index contributed by atoms with van der Waals surface area (Å²) in [6.07, 6.45) is 0.129. The van der Waals surface area contributed by atoms with Gasteiger partial charge in [-0.15, -0.1) is 0 Å². The first kappa shape index (κ1) is 16.6.